The molecule has 0 saturated carbocycles. The van der Waals surface area contributed by atoms with E-state index >= 15 is 0 Å². The summed E-state index contributed by atoms with van der Waals surface area (Å²) in [6.07, 6.45) is 5.56. The Bertz CT molecular complexity index is 671. The molecule has 0 saturated heterocycles. The zero-order valence-electron chi connectivity index (χ0n) is 10.3. The van der Waals surface area contributed by atoms with E-state index in [0.29, 0.717) is 23.5 Å². The van der Waals surface area contributed by atoms with Gasteiger partial charge in [-0.2, -0.15) is 4.79 Å². The standard InChI is InChI=1S/C12H12N3O4P/c13-15-10-7-5-9(6-8-10)14-11-3-1-2-4-12(11)19-20(16,17)18/h1-7,14H,8H2,(H2,16,17,18). The van der Waals surface area contributed by atoms with Gasteiger partial charge in [-0.25, -0.2) is 4.57 Å². The van der Waals surface area contributed by atoms with Gasteiger partial charge in [-0.15, -0.1) is 0 Å². The quantitative estimate of drug-likeness (QED) is 0.446. The van der Waals surface area contributed by atoms with E-state index in [-0.39, 0.29) is 5.75 Å². The lowest BCUT2D eigenvalue weighted by atomic mass is 10.1. The number of hydrogen-bond donors (Lipinski definition) is 3. The number of nitrogens with one attached hydrogen (secondary N) is 1. The zero-order valence-corrected chi connectivity index (χ0v) is 11.2. The molecular formula is C12H12N3O4P. The predicted molar refractivity (Wildman–Crippen MR) is 73.2 cm³/mol. The van der Waals surface area contributed by atoms with E-state index in [4.69, 9.17) is 15.3 Å². The number of allylic oxidation sites excluding steroid dienone is 3. The number of hydrogen-bond acceptors (Lipinski definition) is 3. The van der Waals surface area contributed by atoms with Crippen LogP contribution in [0.5, 0.6) is 5.75 Å². The fourth-order valence-corrected chi connectivity index (χ4v) is 2.05. The maximum absolute atomic E-state index is 10.9. The molecule has 104 valence electrons. The fraction of sp³-hybridized carbons (Fsp3) is 0.0833. The summed E-state index contributed by atoms with van der Waals surface area (Å²) in [4.78, 5) is 20.8. The van der Waals surface area contributed by atoms with E-state index < -0.39 is 7.82 Å². The van der Waals surface area contributed by atoms with E-state index in [1.54, 1.807) is 36.4 Å². The highest BCUT2D eigenvalue weighted by atomic mass is 31.2. The van der Waals surface area contributed by atoms with Crippen molar-refractivity contribution in [1.82, 2.24) is 0 Å². The molecule has 0 amide bonds. The van der Waals surface area contributed by atoms with Crippen LogP contribution in [0.2, 0.25) is 0 Å². The maximum Gasteiger partial charge on any atom is 0.524 e. The molecule has 2 rings (SSSR count). The number of anilines is 1. The summed E-state index contributed by atoms with van der Waals surface area (Å²) in [6.45, 7) is 0. The van der Waals surface area contributed by atoms with Crippen LogP contribution in [0, 0.1) is 0 Å². The first-order chi connectivity index (χ1) is 9.48. The van der Waals surface area contributed by atoms with Crippen LogP contribution in [-0.2, 0) is 4.57 Å². The molecule has 8 heteroatoms. The van der Waals surface area contributed by atoms with Crippen molar-refractivity contribution in [2.45, 2.75) is 6.42 Å². The van der Waals surface area contributed by atoms with Gasteiger partial charge in [0.1, 0.15) is 0 Å². The van der Waals surface area contributed by atoms with Gasteiger partial charge in [0.25, 0.3) is 5.71 Å². The van der Waals surface area contributed by atoms with Crippen LogP contribution in [0.1, 0.15) is 6.42 Å². The topological polar surface area (TPSA) is 115 Å². The van der Waals surface area contributed by atoms with Crippen LogP contribution in [0.15, 0.2) is 48.2 Å². The SMILES string of the molecule is [N-]=[N+]=C1C=CC(Nc2ccccc2OP(=O)(O)O)=CC1. The van der Waals surface area contributed by atoms with Crippen LogP contribution < -0.4 is 9.84 Å². The van der Waals surface area contributed by atoms with Crippen molar-refractivity contribution in [2.75, 3.05) is 5.32 Å². The van der Waals surface area contributed by atoms with Gasteiger partial charge >= 0.3 is 7.82 Å². The Hall–Kier alpha value is -2.17. The number of para-hydroxylation sites is 2. The third kappa shape index (κ3) is 3.91. The lowest BCUT2D eigenvalue weighted by molar-refractivity contribution is -0.00540. The molecular weight excluding hydrogens is 281 g/mol. The van der Waals surface area contributed by atoms with Gasteiger partial charge in [-0.05, 0) is 24.3 Å². The highest BCUT2D eigenvalue weighted by Gasteiger charge is 2.18. The summed E-state index contributed by atoms with van der Waals surface area (Å²) >= 11 is 0. The maximum atomic E-state index is 10.9. The van der Waals surface area contributed by atoms with Crippen molar-refractivity contribution in [1.29, 1.82) is 0 Å². The molecule has 0 radical (unpaired) electrons. The second-order valence-corrected chi connectivity index (χ2v) is 5.16. The van der Waals surface area contributed by atoms with Crippen molar-refractivity contribution in [2.24, 2.45) is 0 Å². The number of benzene rings is 1. The molecule has 1 aliphatic rings. The molecule has 7 nitrogen and oxygen atoms in total. The van der Waals surface area contributed by atoms with E-state index in [2.05, 4.69) is 14.6 Å². The molecule has 20 heavy (non-hydrogen) atoms. The van der Waals surface area contributed by atoms with E-state index in [9.17, 15) is 4.57 Å². The first-order valence-electron chi connectivity index (χ1n) is 5.68. The minimum Gasteiger partial charge on any atom is -0.402 e. The van der Waals surface area contributed by atoms with Gasteiger partial charge in [0.15, 0.2) is 5.75 Å². The average Bonchev–Trinajstić information content (AvgIpc) is 2.40. The molecule has 3 N–H and O–H groups in total. The molecule has 1 aromatic rings. The lowest BCUT2D eigenvalue weighted by Gasteiger charge is -2.14. The van der Waals surface area contributed by atoms with Crippen LogP contribution in [-0.4, -0.2) is 20.3 Å². The van der Waals surface area contributed by atoms with Gasteiger partial charge in [0.2, 0.25) is 0 Å². The molecule has 0 spiro atoms. The molecule has 0 fully saturated rings. The zero-order chi connectivity index (χ0) is 14.6. The molecule has 0 aliphatic heterocycles. The first kappa shape index (κ1) is 14.2. The van der Waals surface area contributed by atoms with E-state index in [0.717, 1.165) is 0 Å². The summed E-state index contributed by atoms with van der Waals surface area (Å²) in [6, 6.07) is 6.41. The summed E-state index contributed by atoms with van der Waals surface area (Å²) in [5.41, 5.74) is 10.3. The van der Waals surface area contributed by atoms with Crippen molar-refractivity contribution in [3.05, 3.63) is 53.7 Å². The lowest BCUT2D eigenvalue weighted by Crippen LogP contribution is -2.06. The summed E-state index contributed by atoms with van der Waals surface area (Å²) in [5.74, 6) is 0.0526. The number of nitrogens with zero attached hydrogens (tertiary/aromatic N) is 2. The Kier molecular flexibility index (Phi) is 4.17. The molecule has 0 atom stereocenters. The van der Waals surface area contributed by atoms with Crippen molar-refractivity contribution in [3.8, 4) is 5.75 Å². The third-order valence-corrected chi connectivity index (χ3v) is 2.93. The van der Waals surface area contributed by atoms with Crippen molar-refractivity contribution >= 4 is 19.2 Å². The number of phosphoric acid groups is 1. The van der Waals surface area contributed by atoms with Gasteiger partial charge in [-0.1, -0.05) is 12.1 Å². The predicted octanol–water partition coefficient (Wildman–Crippen LogP) is 2.08. The van der Waals surface area contributed by atoms with Gasteiger partial charge in [0.05, 0.1) is 12.1 Å². The highest BCUT2D eigenvalue weighted by Crippen LogP contribution is 2.41. The molecule has 0 bridgehead atoms. The fourth-order valence-electron chi connectivity index (χ4n) is 1.64. The molecule has 0 unspecified atom stereocenters. The molecule has 1 aliphatic carbocycles. The monoisotopic (exact) mass is 293 g/mol. The van der Waals surface area contributed by atoms with Crippen LogP contribution in [0.3, 0.4) is 0 Å². The Morgan fingerprint density at radius 3 is 2.65 bits per heavy atom. The second kappa shape index (κ2) is 5.86. The smallest absolute Gasteiger partial charge is 0.402 e. The van der Waals surface area contributed by atoms with Gasteiger partial charge < -0.3 is 15.4 Å². The largest absolute Gasteiger partial charge is 0.524 e. The van der Waals surface area contributed by atoms with E-state index in [1.165, 1.54) is 6.07 Å². The third-order valence-electron chi connectivity index (χ3n) is 2.50. The summed E-state index contributed by atoms with van der Waals surface area (Å²) < 4.78 is 15.5. The normalized spacial score (nSPS) is 14.5. The number of rotatable bonds is 4. The van der Waals surface area contributed by atoms with Crippen LogP contribution in [0.25, 0.3) is 5.53 Å². The second-order valence-electron chi connectivity index (χ2n) is 3.99. The minimum atomic E-state index is -4.61. The van der Waals surface area contributed by atoms with Gasteiger partial charge in [0, 0.05) is 11.8 Å². The Balaban J connectivity index is 2.19. The molecule has 0 heterocycles. The minimum absolute atomic E-state index is 0.0526. The molecule has 1 aromatic carbocycles. The summed E-state index contributed by atoms with van der Waals surface area (Å²) in [7, 11) is -4.61. The Morgan fingerprint density at radius 2 is 2.05 bits per heavy atom. The average molecular weight is 293 g/mol. The van der Waals surface area contributed by atoms with Crippen molar-refractivity contribution < 1.29 is 23.7 Å². The Morgan fingerprint density at radius 1 is 1.30 bits per heavy atom. The Labute approximate surface area is 115 Å². The molecule has 0 aromatic heterocycles. The van der Waals surface area contributed by atoms with Crippen molar-refractivity contribution in [3.63, 3.8) is 0 Å². The van der Waals surface area contributed by atoms with Gasteiger partial charge in [-0.3, -0.25) is 9.79 Å². The number of phosphoric ester groups is 1. The summed E-state index contributed by atoms with van der Waals surface area (Å²) in [5, 5.41) is 2.99. The van der Waals surface area contributed by atoms with Crippen LogP contribution in [0.4, 0.5) is 5.69 Å². The van der Waals surface area contributed by atoms with Crippen LogP contribution >= 0.6 is 7.82 Å². The highest BCUT2D eigenvalue weighted by molar-refractivity contribution is 7.46. The van der Waals surface area contributed by atoms with E-state index in [1.807, 2.05) is 0 Å². The first-order valence-corrected chi connectivity index (χ1v) is 7.21.